The lowest BCUT2D eigenvalue weighted by molar-refractivity contribution is 0.478. The molecule has 1 aliphatic heterocycles. The van der Waals surface area contributed by atoms with Gasteiger partial charge in [-0.2, -0.15) is 4.31 Å². The molecular weight excluding hydrogens is 290 g/mol. The lowest BCUT2D eigenvalue weighted by Crippen LogP contribution is -2.28. The van der Waals surface area contributed by atoms with E-state index in [1.165, 1.54) is 4.31 Å². The minimum atomic E-state index is -3.29. The number of hydrogen-bond donors (Lipinski definition) is 0. The zero-order valence-corrected chi connectivity index (χ0v) is 11.5. The molecule has 1 fully saturated rings. The zero-order chi connectivity index (χ0) is 11.8. The number of sulfonamides is 1. The maximum atomic E-state index is 12.2. The first-order chi connectivity index (χ1) is 7.50. The predicted molar refractivity (Wildman–Crippen MR) is 67.3 cm³/mol. The molecule has 0 aliphatic carbocycles. The van der Waals surface area contributed by atoms with E-state index in [0.717, 1.165) is 12.0 Å². The molecule has 0 saturated carbocycles. The lowest BCUT2D eigenvalue weighted by atomic mass is 10.2. The maximum Gasteiger partial charge on any atom is 0.243 e. The molecule has 0 radical (unpaired) electrons. The summed E-state index contributed by atoms with van der Waals surface area (Å²) in [5, 5.41) is 0. The van der Waals surface area contributed by atoms with E-state index < -0.39 is 10.0 Å². The summed E-state index contributed by atoms with van der Waals surface area (Å²) in [7, 11) is -3.29. The molecule has 1 aliphatic rings. The van der Waals surface area contributed by atoms with Crippen molar-refractivity contribution in [2.75, 3.05) is 13.1 Å². The number of aryl methyl sites for hydroxylation is 1. The van der Waals surface area contributed by atoms with Crippen LogP contribution in [-0.2, 0) is 10.0 Å². The van der Waals surface area contributed by atoms with Gasteiger partial charge in [0.1, 0.15) is 0 Å². The minimum Gasteiger partial charge on any atom is -0.207 e. The molecule has 16 heavy (non-hydrogen) atoms. The van der Waals surface area contributed by atoms with E-state index in [-0.39, 0.29) is 4.83 Å². The fourth-order valence-corrected chi connectivity index (χ4v) is 4.01. The fraction of sp³-hybridized carbons (Fsp3) is 0.455. The minimum absolute atomic E-state index is 0.285. The van der Waals surface area contributed by atoms with Crippen LogP contribution in [0.15, 0.2) is 29.2 Å². The number of benzene rings is 1. The Balaban J connectivity index is 2.29. The van der Waals surface area contributed by atoms with Crippen molar-refractivity contribution in [3.05, 3.63) is 29.8 Å². The summed E-state index contributed by atoms with van der Waals surface area (Å²) < 4.78 is 25.9. The molecule has 3 nitrogen and oxygen atoms in total. The molecule has 0 N–H and O–H groups in total. The Morgan fingerprint density at radius 3 is 2.44 bits per heavy atom. The number of alkyl halides is 1. The van der Waals surface area contributed by atoms with Crippen LogP contribution in [0.4, 0.5) is 0 Å². The highest BCUT2D eigenvalue weighted by molar-refractivity contribution is 9.09. The third kappa shape index (κ3) is 2.31. The summed E-state index contributed by atoms with van der Waals surface area (Å²) in [6, 6.07) is 7.00. The Morgan fingerprint density at radius 1 is 1.31 bits per heavy atom. The lowest BCUT2D eigenvalue weighted by Gasteiger charge is -2.15. The number of hydrogen-bond acceptors (Lipinski definition) is 2. The molecule has 2 rings (SSSR count). The summed E-state index contributed by atoms with van der Waals surface area (Å²) in [6.07, 6.45) is 0.880. The molecule has 0 amide bonds. The Labute approximate surface area is 105 Å². The summed E-state index contributed by atoms with van der Waals surface area (Å²) in [6.45, 7) is 3.11. The van der Waals surface area contributed by atoms with Crippen molar-refractivity contribution in [3.63, 3.8) is 0 Å². The van der Waals surface area contributed by atoms with Gasteiger partial charge >= 0.3 is 0 Å². The van der Waals surface area contributed by atoms with Crippen LogP contribution in [0.5, 0.6) is 0 Å². The normalized spacial score (nSPS) is 22.5. The molecule has 1 aromatic carbocycles. The van der Waals surface area contributed by atoms with Crippen molar-refractivity contribution in [1.29, 1.82) is 0 Å². The molecule has 5 heteroatoms. The Morgan fingerprint density at radius 2 is 1.94 bits per heavy atom. The molecule has 1 unspecified atom stereocenters. The van der Waals surface area contributed by atoms with Gasteiger partial charge < -0.3 is 0 Å². The number of halogens is 1. The van der Waals surface area contributed by atoms with Crippen LogP contribution in [0.2, 0.25) is 0 Å². The van der Waals surface area contributed by atoms with Gasteiger partial charge in [0.25, 0.3) is 0 Å². The van der Waals surface area contributed by atoms with E-state index in [0.29, 0.717) is 18.0 Å². The Hall–Kier alpha value is -0.390. The maximum absolute atomic E-state index is 12.2. The van der Waals surface area contributed by atoms with E-state index in [1.807, 2.05) is 19.1 Å². The fourth-order valence-electron chi connectivity index (χ4n) is 1.77. The smallest absolute Gasteiger partial charge is 0.207 e. The first-order valence-corrected chi connectivity index (χ1v) is 7.56. The van der Waals surface area contributed by atoms with Crippen LogP contribution in [0.1, 0.15) is 12.0 Å². The van der Waals surface area contributed by atoms with Crippen LogP contribution in [0.25, 0.3) is 0 Å². The second-order valence-electron chi connectivity index (χ2n) is 4.06. The van der Waals surface area contributed by atoms with Crippen LogP contribution < -0.4 is 0 Å². The quantitative estimate of drug-likeness (QED) is 0.785. The Bertz CT molecular complexity index is 469. The second-order valence-corrected chi connectivity index (χ2v) is 7.29. The third-order valence-corrected chi connectivity index (χ3v) is 5.38. The van der Waals surface area contributed by atoms with E-state index >= 15 is 0 Å². The molecule has 0 bridgehead atoms. The first-order valence-electron chi connectivity index (χ1n) is 5.21. The molecular formula is C11H14BrNO2S. The summed E-state index contributed by atoms with van der Waals surface area (Å²) in [5.74, 6) is 0. The molecule has 0 spiro atoms. The van der Waals surface area contributed by atoms with Crippen molar-refractivity contribution in [3.8, 4) is 0 Å². The topological polar surface area (TPSA) is 37.4 Å². The summed E-state index contributed by atoms with van der Waals surface area (Å²) >= 11 is 3.45. The van der Waals surface area contributed by atoms with E-state index in [2.05, 4.69) is 15.9 Å². The molecule has 1 atom stereocenters. The average Bonchev–Trinajstić information content (AvgIpc) is 2.66. The summed E-state index contributed by atoms with van der Waals surface area (Å²) in [5.41, 5.74) is 1.07. The highest BCUT2D eigenvalue weighted by Crippen LogP contribution is 2.24. The molecule has 1 aromatic rings. The van der Waals surface area contributed by atoms with Crippen molar-refractivity contribution < 1.29 is 8.42 Å². The number of rotatable bonds is 2. The molecule has 88 valence electrons. The van der Waals surface area contributed by atoms with Crippen LogP contribution in [0.3, 0.4) is 0 Å². The summed E-state index contributed by atoms with van der Waals surface area (Å²) in [4.78, 5) is 0.674. The average molecular weight is 304 g/mol. The van der Waals surface area contributed by atoms with Gasteiger partial charge in [0.05, 0.1) is 4.90 Å². The van der Waals surface area contributed by atoms with Gasteiger partial charge in [-0.05, 0) is 25.5 Å². The largest absolute Gasteiger partial charge is 0.243 e. The monoisotopic (exact) mass is 303 g/mol. The van der Waals surface area contributed by atoms with Crippen molar-refractivity contribution >= 4 is 26.0 Å². The van der Waals surface area contributed by atoms with E-state index in [9.17, 15) is 8.42 Å². The highest BCUT2D eigenvalue weighted by atomic mass is 79.9. The van der Waals surface area contributed by atoms with Gasteiger partial charge in [0.15, 0.2) is 0 Å². The van der Waals surface area contributed by atoms with E-state index in [4.69, 9.17) is 0 Å². The predicted octanol–water partition coefficient (Wildman–Crippen LogP) is 2.15. The van der Waals surface area contributed by atoms with Crippen LogP contribution in [0, 0.1) is 6.92 Å². The molecule has 1 saturated heterocycles. The van der Waals surface area contributed by atoms with E-state index in [1.54, 1.807) is 12.1 Å². The standard InChI is InChI=1S/C11H14BrNO2S/c1-9-2-4-11(5-3-9)16(14,15)13-7-6-10(12)8-13/h2-5,10H,6-8H2,1H3. The van der Waals surface area contributed by atoms with Gasteiger partial charge in [-0.1, -0.05) is 33.6 Å². The second kappa shape index (κ2) is 4.47. The van der Waals surface area contributed by atoms with Gasteiger partial charge in [-0.3, -0.25) is 0 Å². The van der Waals surface area contributed by atoms with Crippen molar-refractivity contribution in [2.24, 2.45) is 0 Å². The van der Waals surface area contributed by atoms with Gasteiger partial charge in [0.2, 0.25) is 10.0 Å². The van der Waals surface area contributed by atoms with Crippen LogP contribution >= 0.6 is 15.9 Å². The molecule has 0 aromatic heterocycles. The van der Waals surface area contributed by atoms with Gasteiger partial charge in [0, 0.05) is 17.9 Å². The molecule has 1 heterocycles. The van der Waals surface area contributed by atoms with Gasteiger partial charge in [-0.15, -0.1) is 0 Å². The van der Waals surface area contributed by atoms with Crippen molar-refractivity contribution in [2.45, 2.75) is 23.1 Å². The highest BCUT2D eigenvalue weighted by Gasteiger charge is 2.31. The van der Waals surface area contributed by atoms with Crippen LogP contribution in [-0.4, -0.2) is 30.6 Å². The Kier molecular flexibility index (Phi) is 3.37. The first kappa shape index (κ1) is 12.1. The van der Waals surface area contributed by atoms with Gasteiger partial charge in [-0.25, -0.2) is 8.42 Å². The SMILES string of the molecule is Cc1ccc(S(=O)(=O)N2CCC(Br)C2)cc1. The zero-order valence-electron chi connectivity index (χ0n) is 9.06. The third-order valence-electron chi connectivity index (χ3n) is 2.75. The number of nitrogens with zero attached hydrogens (tertiary/aromatic N) is 1. The van der Waals surface area contributed by atoms with Crippen molar-refractivity contribution in [1.82, 2.24) is 4.31 Å².